The molecule has 12 heavy (non-hydrogen) atoms. The molecular weight excluding hydrogens is 150 g/mol. The summed E-state index contributed by atoms with van der Waals surface area (Å²) in [6, 6.07) is 0. The Labute approximate surface area is 71.2 Å². The topological polar surface area (TPSA) is 20.3 Å². The second-order valence-corrected chi connectivity index (χ2v) is 2.63. The number of ketones is 1. The van der Waals surface area contributed by atoms with Crippen molar-refractivity contribution in [1.29, 1.82) is 0 Å². The van der Waals surface area contributed by atoms with E-state index in [0.717, 1.165) is 12.2 Å². The van der Waals surface area contributed by atoms with Gasteiger partial charge in [-0.1, -0.05) is 12.2 Å². The lowest BCUT2D eigenvalue weighted by molar-refractivity contribution is -0.111. The van der Waals surface area contributed by atoms with Crippen molar-refractivity contribution in [3.63, 3.8) is 0 Å². The molecule has 0 unspecified atom stereocenters. The summed E-state index contributed by atoms with van der Waals surface area (Å²) in [6.45, 7) is 0.745. The van der Waals surface area contributed by atoms with Gasteiger partial charge in [0.25, 0.3) is 0 Å². The number of carbonyl (C=O) groups excluding carboxylic acids is 1. The average molecular weight is 158 g/mol. The van der Waals surface area contributed by atoms with E-state index in [2.05, 4.69) is 6.08 Å². The van der Waals surface area contributed by atoms with E-state index < -0.39 is 0 Å². The molecule has 2 nitrogen and oxygen atoms in total. The number of nitrogens with zero attached hydrogens (tertiary/aromatic N) is 1. The van der Waals surface area contributed by atoms with Crippen molar-refractivity contribution in [3.05, 3.63) is 48.4 Å². The van der Waals surface area contributed by atoms with Crippen LogP contribution in [0.2, 0.25) is 0 Å². The maximum absolute atomic E-state index is 11.0. The minimum absolute atomic E-state index is 0.0625. The maximum Gasteiger partial charge on any atom is 0.188 e. The molecule has 0 spiro atoms. The van der Waals surface area contributed by atoms with Gasteiger partial charge < -0.3 is 4.90 Å². The molecule has 0 aliphatic carbocycles. The molecule has 2 aliphatic rings. The van der Waals surface area contributed by atoms with Crippen molar-refractivity contribution in [2.75, 3.05) is 6.54 Å². The Balaban J connectivity index is 2.36. The Hall–Kier alpha value is -1.57. The van der Waals surface area contributed by atoms with Crippen molar-refractivity contribution < 1.29 is 4.79 Å². The summed E-state index contributed by atoms with van der Waals surface area (Å²) in [5, 5.41) is 0. The van der Waals surface area contributed by atoms with Crippen molar-refractivity contribution in [3.8, 4) is 0 Å². The molecule has 2 rings (SSSR count). The molecule has 0 atom stereocenters. The summed E-state index contributed by atoms with van der Waals surface area (Å²) in [5.74, 6) is -0.0625. The van der Waals surface area contributed by atoms with E-state index in [0.29, 0.717) is 0 Å². The van der Waals surface area contributed by atoms with Crippen LogP contribution in [0.4, 0.5) is 0 Å². The number of carbonyl (C=O) groups is 1. The van der Waals surface area contributed by atoms with Gasteiger partial charge in [-0.15, -0.1) is 0 Å². The second-order valence-electron chi connectivity index (χ2n) is 2.63. The van der Waals surface area contributed by atoms with Crippen LogP contribution in [0, 0.1) is 6.08 Å². The lowest BCUT2D eigenvalue weighted by Gasteiger charge is -2.19. The zero-order chi connectivity index (χ0) is 8.39. The molecule has 0 aromatic carbocycles. The SMILES string of the molecule is O=C1[C]=C2C=CC=CN2CC=C1. The summed E-state index contributed by atoms with van der Waals surface area (Å²) in [7, 11) is 0. The fourth-order valence-corrected chi connectivity index (χ4v) is 1.19. The molecule has 0 aromatic heterocycles. The molecule has 0 N–H and O–H groups in total. The summed E-state index contributed by atoms with van der Waals surface area (Å²) < 4.78 is 0. The second kappa shape index (κ2) is 2.81. The van der Waals surface area contributed by atoms with Crippen LogP contribution in [0.1, 0.15) is 0 Å². The molecule has 0 fully saturated rings. The van der Waals surface area contributed by atoms with Gasteiger partial charge in [-0.3, -0.25) is 4.79 Å². The van der Waals surface area contributed by atoms with Crippen molar-refractivity contribution in [2.24, 2.45) is 0 Å². The third-order valence-corrected chi connectivity index (χ3v) is 1.76. The van der Waals surface area contributed by atoms with Crippen molar-refractivity contribution in [2.45, 2.75) is 0 Å². The first-order valence-electron chi connectivity index (χ1n) is 3.82. The van der Waals surface area contributed by atoms with Crippen LogP contribution in [0.25, 0.3) is 0 Å². The average Bonchev–Trinajstić information content (AvgIpc) is 2.25. The minimum atomic E-state index is -0.0625. The minimum Gasteiger partial charge on any atom is -0.344 e. The fourth-order valence-electron chi connectivity index (χ4n) is 1.19. The molecular formula is C10H8NO. The molecule has 0 amide bonds. The lowest BCUT2D eigenvalue weighted by atomic mass is 10.2. The van der Waals surface area contributed by atoms with Crippen LogP contribution >= 0.6 is 0 Å². The highest BCUT2D eigenvalue weighted by atomic mass is 16.1. The third-order valence-electron chi connectivity index (χ3n) is 1.76. The summed E-state index contributed by atoms with van der Waals surface area (Å²) in [4.78, 5) is 13.0. The zero-order valence-corrected chi connectivity index (χ0v) is 6.53. The third kappa shape index (κ3) is 1.23. The Morgan fingerprint density at radius 2 is 2.25 bits per heavy atom. The standard InChI is InChI=1S/C10H8NO/c12-10-5-3-7-11-6-2-1-4-9(11)8-10/h1-6H,7H2. The van der Waals surface area contributed by atoms with Gasteiger partial charge in [-0.25, -0.2) is 0 Å². The van der Waals surface area contributed by atoms with Crippen molar-refractivity contribution in [1.82, 2.24) is 4.90 Å². The molecule has 0 bridgehead atoms. The molecule has 2 heterocycles. The number of rotatable bonds is 0. The highest BCUT2D eigenvalue weighted by molar-refractivity contribution is 5.96. The maximum atomic E-state index is 11.0. The van der Waals surface area contributed by atoms with Gasteiger partial charge in [-0.05, 0) is 18.2 Å². The first-order chi connectivity index (χ1) is 5.86. The van der Waals surface area contributed by atoms with E-state index in [1.165, 1.54) is 0 Å². The summed E-state index contributed by atoms with van der Waals surface area (Å²) in [5.41, 5.74) is 0.840. The Kier molecular flexibility index (Phi) is 1.67. The number of fused-ring (bicyclic) bond motifs is 1. The van der Waals surface area contributed by atoms with E-state index in [4.69, 9.17) is 0 Å². The van der Waals surface area contributed by atoms with Crippen LogP contribution in [0.3, 0.4) is 0 Å². The normalized spacial score (nSPS) is 20.5. The van der Waals surface area contributed by atoms with Crippen LogP contribution < -0.4 is 0 Å². The first kappa shape index (κ1) is 7.10. The Morgan fingerprint density at radius 3 is 3.17 bits per heavy atom. The lowest BCUT2D eigenvalue weighted by Crippen LogP contribution is -2.16. The smallest absolute Gasteiger partial charge is 0.188 e. The van der Waals surface area contributed by atoms with E-state index in [9.17, 15) is 4.79 Å². The quantitative estimate of drug-likeness (QED) is 0.528. The number of hydrogen-bond acceptors (Lipinski definition) is 2. The van der Waals surface area contributed by atoms with Gasteiger partial charge in [0, 0.05) is 12.7 Å². The van der Waals surface area contributed by atoms with E-state index in [-0.39, 0.29) is 5.78 Å². The first-order valence-corrected chi connectivity index (χ1v) is 3.82. The zero-order valence-electron chi connectivity index (χ0n) is 6.53. The van der Waals surface area contributed by atoms with Crippen LogP contribution in [-0.2, 0) is 4.79 Å². The van der Waals surface area contributed by atoms with E-state index in [1.54, 1.807) is 6.08 Å². The monoisotopic (exact) mass is 158 g/mol. The van der Waals surface area contributed by atoms with Gasteiger partial charge in [0.2, 0.25) is 0 Å². The van der Waals surface area contributed by atoms with Gasteiger partial charge in [-0.2, -0.15) is 0 Å². The number of hydrogen-bond donors (Lipinski definition) is 0. The van der Waals surface area contributed by atoms with Gasteiger partial charge >= 0.3 is 0 Å². The van der Waals surface area contributed by atoms with Crippen LogP contribution in [0.15, 0.2) is 42.3 Å². The largest absolute Gasteiger partial charge is 0.344 e. The number of allylic oxidation sites excluding steroid dienone is 5. The highest BCUT2D eigenvalue weighted by Gasteiger charge is 2.09. The predicted octanol–water partition coefficient (Wildman–Crippen LogP) is 1.20. The fraction of sp³-hybridized carbons (Fsp3) is 0.100. The Bertz CT molecular complexity index is 321. The molecule has 0 saturated carbocycles. The summed E-state index contributed by atoms with van der Waals surface area (Å²) >= 11 is 0. The predicted molar refractivity (Wildman–Crippen MR) is 45.9 cm³/mol. The highest BCUT2D eigenvalue weighted by Crippen LogP contribution is 2.13. The van der Waals surface area contributed by atoms with Crippen LogP contribution in [0.5, 0.6) is 0 Å². The molecule has 0 saturated heterocycles. The van der Waals surface area contributed by atoms with Gasteiger partial charge in [0.15, 0.2) is 5.78 Å². The molecule has 2 aliphatic heterocycles. The van der Waals surface area contributed by atoms with Crippen molar-refractivity contribution >= 4 is 5.78 Å². The van der Waals surface area contributed by atoms with Gasteiger partial charge in [0.1, 0.15) is 0 Å². The Morgan fingerprint density at radius 1 is 1.33 bits per heavy atom. The summed E-state index contributed by atoms with van der Waals surface area (Å²) in [6.07, 6.45) is 13.8. The van der Waals surface area contributed by atoms with Gasteiger partial charge in [0.05, 0.1) is 11.8 Å². The van der Waals surface area contributed by atoms with E-state index >= 15 is 0 Å². The molecule has 1 radical (unpaired) electrons. The molecule has 2 heteroatoms. The van der Waals surface area contributed by atoms with Crippen LogP contribution in [-0.4, -0.2) is 17.2 Å². The molecule has 0 aromatic rings. The van der Waals surface area contributed by atoms with E-state index in [1.807, 2.05) is 35.4 Å². The molecule has 59 valence electrons.